The number of hydrogen-bond donors (Lipinski definition) is 0. The first-order valence-corrected chi connectivity index (χ1v) is 7.67. The van der Waals surface area contributed by atoms with Crippen LogP contribution in [0.4, 0.5) is 0 Å². The average molecular weight is 313 g/mol. The van der Waals surface area contributed by atoms with Gasteiger partial charge in [0.05, 0.1) is 5.69 Å². The lowest BCUT2D eigenvalue weighted by Crippen LogP contribution is -1.84. The molecule has 5 aromatic rings. The summed E-state index contributed by atoms with van der Waals surface area (Å²) >= 11 is 0. The number of fused-ring (bicyclic) bond motifs is 5. The monoisotopic (exact) mass is 313 g/mol. The van der Waals surface area contributed by atoms with Gasteiger partial charge in [-0.3, -0.25) is 9.97 Å². The van der Waals surface area contributed by atoms with E-state index in [1.807, 2.05) is 42.6 Å². The van der Waals surface area contributed by atoms with Crippen LogP contribution >= 0.6 is 0 Å². The summed E-state index contributed by atoms with van der Waals surface area (Å²) < 4.78 is 28.8. The summed E-state index contributed by atoms with van der Waals surface area (Å²) in [5.41, 5.74) is 3.30. The van der Waals surface area contributed by atoms with Gasteiger partial charge in [0.15, 0.2) is 0 Å². The number of pyridine rings is 2. The molecule has 3 heteroatoms. The van der Waals surface area contributed by atoms with Crippen LogP contribution in [-0.4, -0.2) is 9.97 Å². The Bertz CT molecular complexity index is 1300. The standard InChI is InChI=1S/C21H14N2O/c1-13-5-8-19(23-11-13)18-4-2-3-16-17-7-6-14-12-22-10-9-15(14)20(17)24-21(16)18/h2-12H,1H3/i1D3. The molecule has 3 nitrogen and oxygen atoms in total. The largest absolute Gasteiger partial charge is 0.455 e. The number of para-hydroxylation sites is 1. The molecule has 0 unspecified atom stereocenters. The Balaban J connectivity index is 1.77. The summed E-state index contributed by atoms with van der Waals surface area (Å²) in [5, 5.41) is 4.06. The van der Waals surface area contributed by atoms with Gasteiger partial charge < -0.3 is 4.42 Å². The van der Waals surface area contributed by atoms with Crippen molar-refractivity contribution in [2.45, 2.75) is 6.85 Å². The summed E-state index contributed by atoms with van der Waals surface area (Å²) in [4.78, 5) is 8.54. The van der Waals surface area contributed by atoms with Crippen LogP contribution in [0.5, 0.6) is 0 Å². The van der Waals surface area contributed by atoms with Crippen molar-refractivity contribution in [2.24, 2.45) is 0 Å². The molecule has 0 N–H and O–H groups in total. The molecule has 0 atom stereocenters. The minimum absolute atomic E-state index is 0.224. The third-order valence-corrected chi connectivity index (χ3v) is 4.32. The molecule has 114 valence electrons. The predicted molar refractivity (Wildman–Crippen MR) is 97.0 cm³/mol. The molecule has 0 amide bonds. The molecule has 3 aromatic heterocycles. The molecule has 0 saturated carbocycles. The Kier molecular flexibility index (Phi) is 2.15. The van der Waals surface area contributed by atoms with E-state index in [9.17, 15) is 0 Å². The summed E-state index contributed by atoms with van der Waals surface area (Å²) in [6.45, 7) is -2.16. The number of aromatic nitrogens is 2. The summed E-state index contributed by atoms with van der Waals surface area (Å²) in [6.07, 6.45) is 4.98. The van der Waals surface area contributed by atoms with E-state index >= 15 is 0 Å². The Morgan fingerprint density at radius 3 is 2.71 bits per heavy atom. The van der Waals surface area contributed by atoms with Crippen molar-refractivity contribution < 1.29 is 8.53 Å². The highest BCUT2D eigenvalue weighted by Crippen LogP contribution is 2.37. The Labute approximate surface area is 142 Å². The van der Waals surface area contributed by atoms with Crippen LogP contribution in [0.2, 0.25) is 0 Å². The van der Waals surface area contributed by atoms with Gasteiger partial charge in [-0.05, 0) is 36.7 Å². The Morgan fingerprint density at radius 2 is 1.83 bits per heavy atom. The zero-order chi connectivity index (χ0) is 18.6. The van der Waals surface area contributed by atoms with E-state index in [4.69, 9.17) is 8.53 Å². The van der Waals surface area contributed by atoms with E-state index in [-0.39, 0.29) is 5.56 Å². The maximum atomic E-state index is 7.50. The molecule has 5 rings (SSSR count). The van der Waals surface area contributed by atoms with E-state index in [2.05, 4.69) is 9.97 Å². The topological polar surface area (TPSA) is 38.9 Å². The highest BCUT2D eigenvalue weighted by Gasteiger charge is 2.14. The molecular formula is C21H14N2O. The molecule has 0 radical (unpaired) electrons. The molecule has 2 aromatic carbocycles. The SMILES string of the molecule is [2H]C([2H])([2H])c1ccc(-c2cccc3c2oc2c4ccncc4ccc32)nc1. The molecule has 0 aliphatic heterocycles. The number of hydrogen-bond acceptors (Lipinski definition) is 3. The van der Waals surface area contributed by atoms with Gasteiger partial charge in [-0.1, -0.05) is 24.3 Å². The van der Waals surface area contributed by atoms with E-state index in [1.54, 1.807) is 18.3 Å². The molecule has 24 heavy (non-hydrogen) atoms. The Hall–Kier alpha value is -3.20. The minimum atomic E-state index is -2.16. The van der Waals surface area contributed by atoms with Crippen molar-refractivity contribution in [1.82, 2.24) is 9.97 Å². The average Bonchev–Trinajstić information content (AvgIpc) is 3.07. The van der Waals surface area contributed by atoms with Crippen LogP contribution < -0.4 is 0 Å². The van der Waals surface area contributed by atoms with E-state index in [0.717, 1.165) is 38.3 Å². The summed E-state index contributed by atoms with van der Waals surface area (Å²) in [6, 6.07) is 15.3. The van der Waals surface area contributed by atoms with Gasteiger partial charge in [-0.15, -0.1) is 0 Å². The van der Waals surface area contributed by atoms with Crippen molar-refractivity contribution in [2.75, 3.05) is 0 Å². The number of nitrogens with zero attached hydrogens (tertiary/aromatic N) is 2. The maximum absolute atomic E-state index is 7.50. The first-order valence-electron chi connectivity index (χ1n) is 9.17. The third kappa shape index (κ3) is 1.85. The lowest BCUT2D eigenvalue weighted by Gasteiger charge is -2.02. The van der Waals surface area contributed by atoms with Gasteiger partial charge in [-0.2, -0.15) is 0 Å². The normalized spacial score (nSPS) is 13.9. The molecule has 0 spiro atoms. The predicted octanol–water partition coefficient (Wildman–Crippen LogP) is 5.50. The quantitative estimate of drug-likeness (QED) is 0.410. The van der Waals surface area contributed by atoms with Crippen molar-refractivity contribution >= 4 is 32.7 Å². The fraction of sp³-hybridized carbons (Fsp3) is 0.0476. The van der Waals surface area contributed by atoms with E-state index in [1.165, 1.54) is 6.20 Å². The van der Waals surface area contributed by atoms with Gasteiger partial charge in [0.2, 0.25) is 0 Å². The van der Waals surface area contributed by atoms with Crippen LogP contribution in [0.15, 0.2) is 71.5 Å². The lowest BCUT2D eigenvalue weighted by atomic mass is 10.0. The van der Waals surface area contributed by atoms with Crippen molar-refractivity contribution in [3.05, 3.63) is 72.7 Å². The van der Waals surface area contributed by atoms with Crippen LogP contribution in [0, 0.1) is 6.85 Å². The fourth-order valence-electron chi connectivity index (χ4n) is 3.18. The van der Waals surface area contributed by atoms with E-state index < -0.39 is 6.85 Å². The second-order valence-corrected chi connectivity index (χ2v) is 5.76. The third-order valence-electron chi connectivity index (χ3n) is 4.32. The van der Waals surface area contributed by atoms with Gasteiger partial charge in [0, 0.05) is 49.8 Å². The van der Waals surface area contributed by atoms with Crippen LogP contribution in [0.1, 0.15) is 9.68 Å². The number of rotatable bonds is 1. The Morgan fingerprint density at radius 1 is 0.875 bits per heavy atom. The molecule has 0 bridgehead atoms. The van der Waals surface area contributed by atoms with Crippen LogP contribution in [0.3, 0.4) is 0 Å². The zero-order valence-electron chi connectivity index (χ0n) is 15.7. The minimum Gasteiger partial charge on any atom is -0.455 e. The molecule has 0 aliphatic rings. The van der Waals surface area contributed by atoms with Gasteiger partial charge in [0.25, 0.3) is 0 Å². The highest BCUT2D eigenvalue weighted by molar-refractivity contribution is 6.16. The lowest BCUT2D eigenvalue weighted by molar-refractivity contribution is 0.673. The molecule has 3 heterocycles. The summed E-state index contributed by atoms with van der Waals surface area (Å²) in [7, 11) is 0. The van der Waals surface area contributed by atoms with Gasteiger partial charge in [0.1, 0.15) is 11.2 Å². The van der Waals surface area contributed by atoms with Gasteiger partial charge in [-0.25, -0.2) is 0 Å². The van der Waals surface area contributed by atoms with Crippen LogP contribution in [-0.2, 0) is 0 Å². The second kappa shape index (κ2) is 4.90. The number of furan rings is 1. The van der Waals surface area contributed by atoms with Crippen molar-refractivity contribution in [3.8, 4) is 11.3 Å². The second-order valence-electron chi connectivity index (χ2n) is 5.76. The molecule has 0 saturated heterocycles. The first-order chi connectivity index (χ1) is 13.0. The van der Waals surface area contributed by atoms with Crippen molar-refractivity contribution in [1.29, 1.82) is 0 Å². The molecular weight excluding hydrogens is 296 g/mol. The van der Waals surface area contributed by atoms with Crippen molar-refractivity contribution in [3.63, 3.8) is 0 Å². The maximum Gasteiger partial charge on any atom is 0.144 e. The molecule has 0 aliphatic carbocycles. The number of benzene rings is 2. The number of aryl methyl sites for hydroxylation is 1. The van der Waals surface area contributed by atoms with E-state index in [0.29, 0.717) is 5.69 Å². The smallest absolute Gasteiger partial charge is 0.144 e. The zero-order valence-corrected chi connectivity index (χ0v) is 12.7. The fourth-order valence-corrected chi connectivity index (χ4v) is 3.18. The molecule has 0 fully saturated rings. The van der Waals surface area contributed by atoms with Crippen LogP contribution in [0.25, 0.3) is 44.0 Å². The van der Waals surface area contributed by atoms with Gasteiger partial charge >= 0.3 is 0 Å². The summed E-state index contributed by atoms with van der Waals surface area (Å²) in [5.74, 6) is 0. The highest BCUT2D eigenvalue weighted by atomic mass is 16.3. The first kappa shape index (κ1) is 10.6.